The summed E-state index contributed by atoms with van der Waals surface area (Å²) in [6, 6.07) is 10.3. The third-order valence-electron chi connectivity index (χ3n) is 4.64. The number of aromatic amines is 1. The van der Waals surface area contributed by atoms with Gasteiger partial charge in [0.2, 0.25) is 0 Å². The van der Waals surface area contributed by atoms with E-state index in [1.54, 1.807) is 12.1 Å². The van der Waals surface area contributed by atoms with E-state index in [-0.39, 0.29) is 17.8 Å². The molecule has 4 rings (SSSR count). The summed E-state index contributed by atoms with van der Waals surface area (Å²) in [6.07, 6.45) is 0.884. The van der Waals surface area contributed by atoms with Crippen LogP contribution < -0.4 is 10.2 Å². The van der Waals surface area contributed by atoms with Crippen molar-refractivity contribution in [1.82, 2.24) is 15.5 Å². The third kappa shape index (κ3) is 3.35. The van der Waals surface area contributed by atoms with E-state index in [2.05, 4.69) is 20.4 Å². The number of H-pyrrole nitrogens is 1. The minimum atomic E-state index is -0.257. The first kappa shape index (κ1) is 16.8. The molecule has 1 amide bonds. The number of amides is 1. The van der Waals surface area contributed by atoms with E-state index in [4.69, 9.17) is 0 Å². The van der Waals surface area contributed by atoms with Gasteiger partial charge < -0.3 is 10.2 Å². The molecule has 1 unspecified atom stereocenters. The smallest absolute Gasteiger partial charge is 0.261 e. The molecule has 1 aliphatic heterocycles. The number of anilines is 1. The molecular weight excluding hydrogens is 351 g/mol. The summed E-state index contributed by atoms with van der Waals surface area (Å²) in [4.78, 5) is 15.3. The number of aromatic nitrogens is 2. The van der Waals surface area contributed by atoms with Gasteiger partial charge in [0.1, 0.15) is 5.82 Å². The quantitative estimate of drug-likeness (QED) is 0.738. The highest BCUT2D eigenvalue weighted by atomic mass is 32.1. The molecule has 7 heteroatoms. The summed E-state index contributed by atoms with van der Waals surface area (Å²) in [5, 5.41) is 12.4. The van der Waals surface area contributed by atoms with Gasteiger partial charge >= 0.3 is 0 Å². The number of thiophene rings is 1. The Morgan fingerprint density at radius 1 is 1.35 bits per heavy atom. The lowest BCUT2D eigenvalue weighted by Crippen LogP contribution is -2.37. The van der Waals surface area contributed by atoms with Crippen molar-refractivity contribution in [1.29, 1.82) is 0 Å². The molecule has 1 atom stereocenters. The first-order valence-corrected chi connectivity index (χ1v) is 9.39. The largest absolute Gasteiger partial charge is 0.353 e. The minimum absolute atomic E-state index is 0.00150. The fraction of sp³-hybridized carbons (Fsp3) is 0.263. The van der Waals surface area contributed by atoms with Crippen LogP contribution in [0, 0.1) is 12.7 Å². The standard InChI is InChI=1S/C19H19FN4OS/c1-12-7-9-26-18(12)19(25)21-15-6-8-24(11-15)17-10-16(22-23-17)13-2-4-14(20)5-3-13/h2-5,7,9-10,15H,6,8,11H2,1H3,(H,21,25)(H,22,23). The number of aryl methyl sites for hydroxylation is 1. The van der Waals surface area contributed by atoms with Crippen molar-refractivity contribution >= 4 is 23.1 Å². The molecule has 2 aromatic heterocycles. The third-order valence-corrected chi connectivity index (χ3v) is 5.65. The highest BCUT2D eigenvalue weighted by Crippen LogP contribution is 2.25. The van der Waals surface area contributed by atoms with Crippen molar-refractivity contribution in [3.8, 4) is 11.3 Å². The molecule has 3 aromatic rings. The molecule has 1 aromatic carbocycles. The zero-order chi connectivity index (χ0) is 18.1. The highest BCUT2D eigenvalue weighted by molar-refractivity contribution is 7.12. The Balaban J connectivity index is 1.40. The van der Waals surface area contributed by atoms with E-state index in [1.807, 2.05) is 24.4 Å². The molecule has 2 N–H and O–H groups in total. The molecule has 0 bridgehead atoms. The monoisotopic (exact) mass is 370 g/mol. The zero-order valence-electron chi connectivity index (χ0n) is 14.3. The van der Waals surface area contributed by atoms with Crippen LogP contribution in [-0.4, -0.2) is 35.2 Å². The van der Waals surface area contributed by atoms with Crippen LogP contribution in [0.2, 0.25) is 0 Å². The second kappa shape index (κ2) is 6.92. The van der Waals surface area contributed by atoms with Gasteiger partial charge in [0.25, 0.3) is 5.91 Å². The van der Waals surface area contributed by atoms with Gasteiger partial charge in [-0.1, -0.05) is 0 Å². The van der Waals surface area contributed by atoms with Crippen LogP contribution in [0.15, 0.2) is 41.8 Å². The van der Waals surface area contributed by atoms with Crippen molar-refractivity contribution < 1.29 is 9.18 Å². The number of nitrogens with zero attached hydrogens (tertiary/aromatic N) is 2. The molecule has 26 heavy (non-hydrogen) atoms. The van der Waals surface area contributed by atoms with E-state index in [9.17, 15) is 9.18 Å². The lowest BCUT2D eigenvalue weighted by Gasteiger charge is -2.16. The van der Waals surface area contributed by atoms with Gasteiger partial charge in [0.05, 0.1) is 10.6 Å². The van der Waals surface area contributed by atoms with Crippen molar-refractivity contribution in [2.24, 2.45) is 0 Å². The van der Waals surface area contributed by atoms with Gasteiger partial charge in [-0.15, -0.1) is 11.3 Å². The number of hydrogen-bond acceptors (Lipinski definition) is 4. The number of carbonyl (C=O) groups is 1. The lowest BCUT2D eigenvalue weighted by molar-refractivity contribution is 0.0944. The number of hydrogen-bond donors (Lipinski definition) is 2. The first-order valence-electron chi connectivity index (χ1n) is 8.51. The van der Waals surface area contributed by atoms with Gasteiger partial charge in [0, 0.05) is 25.2 Å². The van der Waals surface area contributed by atoms with Crippen molar-refractivity contribution in [2.45, 2.75) is 19.4 Å². The van der Waals surface area contributed by atoms with Crippen molar-refractivity contribution in [3.63, 3.8) is 0 Å². The van der Waals surface area contributed by atoms with Crippen LogP contribution in [0.25, 0.3) is 11.3 Å². The zero-order valence-corrected chi connectivity index (χ0v) is 15.1. The summed E-state index contributed by atoms with van der Waals surface area (Å²) < 4.78 is 13.1. The Bertz CT molecular complexity index is 918. The highest BCUT2D eigenvalue weighted by Gasteiger charge is 2.26. The Hall–Kier alpha value is -2.67. The molecule has 1 saturated heterocycles. The molecule has 1 fully saturated rings. The average Bonchev–Trinajstić information content (AvgIpc) is 3.35. The maximum atomic E-state index is 13.1. The van der Waals surface area contributed by atoms with Crippen LogP contribution >= 0.6 is 11.3 Å². The molecule has 134 valence electrons. The molecule has 0 radical (unpaired) electrons. The van der Waals surface area contributed by atoms with E-state index < -0.39 is 0 Å². The molecule has 1 aliphatic rings. The fourth-order valence-electron chi connectivity index (χ4n) is 3.19. The molecule has 0 aliphatic carbocycles. The number of nitrogens with one attached hydrogen (secondary N) is 2. The van der Waals surface area contributed by atoms with E-state index in [0.29, 0.717) is 0 Å². The van der Waals surface area contributed by atoms with E-state index >= 15 is 0 Å². The topological polar surface area (TPSA) is 61.0 Å². The number of rotatable bonds is 4. The number of benzene rings is 1. The second-order valence-corrected chi connectivity index (χ2v) is 7.40. The second-order valence-electron chi connectivity index (χ2n) is 6.48. The van der Waals surface area contributed by atoms with Crippen molar-refractivity contribution in [2.75, 3.05) is 18.0 Å². The summed E-state index contributed by atoms with van der Waals surface area (Å²) in [5.74, 6) is 0.583. The number of carbonyl (C=O) groups excluding carboxylic acids is 1. The van der Waals surface area contributed by atoms with Crippen LogP contribution in [0.1, 0.15) is 21.7 Å². The maximum absolute atomic E-state index is 13.1. The Kier molecular flexibility index (Phi) is 4.46. The fourth-order valence-corrected chi connectivity index (χ4v) is 4.02. The van der Waals surface area contributed by atoms with Crippen LogP contribution in [-0.2, 0) is 0 Å². The van der Waals surface area contributed by atoms with E-state index in [0.717, 1.165) is 47.0 Å². The summed E-state index contributed by atoms with van der Waals surface area (Å²) >= 11 is 1.47. The first-order chi connectivity index (χ1) is 12.6. The Labute approximate surface area is 154 Å². The maximum Gasteiger partial charge on any atom is 0.261 e. The Morgan fingerprint density at radius 2 is 2.15 bits per heavy atom. The van der Waals surface area contributed by atoms with Gasteiger partial charge in [-0.3, -0.25) is 9.89 Å². The van der Waals surface area contributed by atoms with Crippen LogP contribution in [0.3, 0.4) is 0 Å². The summed E-state index contributed by atoms with van der Waals surface area (Å²) in [7, 11) is 0. The average molecular weight is 370 g/mol. The van der Waals surface area contributed by atoms with E-state index in [1.165, 1.54) is 23.5 Å². The predicted octanol–water partition coefficient (Wildman–Crippen LogP) is 3.59. The SMILES string of the molecule is Cc1ccsc1C(=O)NC1CCN(c2cc(-c3ccc(F)cc3)[nH]n2)C1. The van der Waals surface area contributed by atoms with Crippen LogP contribution in [0.5, 0.6) is 0 Å². The minimum Gasteiger partial charge on any atom is -0.353 e. The summed E-state index contributed by atoms with van der Waals surface area (Å²) in [6.45, 7) is 3.51. The predicted molar refractivity (Wildman–Crippen MR) is 101 cm³/mol. The molecule has 3 heterocycles. The molecule has 5 nitrogen and oxygen atoms in total. The normalized spacial score (nSPS) is 16.8. The van der Waals surface area contributed by atoms with Crippen LogP contribution in [0.4, 0.5) is 10.2 Å². The van der Waals surface area contributed by atoms with Gasteiger partial charge in [-0.2, -0.15) is 5.10 Å². The van der Waals surface area contributed by atoms with Gasteiger partial charge in [0.15, 0.2) is 5.82 Å². The molecule has 0 saturated carbocycles. The van der Waals surface area contributed by atoms with Gasteiger partial charge in [-0.05, 0) is 60.2 Å². The summed E-state index contributed by atoms with van der Waals surface area (Å²) in [5.41, 5.74) is 2.75. The molecule has 0 spiro atoms. The van der Waals surface area contributed by atoms with Gasteiger partial charge in [-0.25, -0.2) is 4.39 Å². The Morgan fingerprint density at radius 3 is 2.88 bits per heavy atom. The van der Waals surface area contributed by atoms with Crippen molar-refractivity contribution in [3.05, 3.63) is 58.0 Å². The molecular formula is C19H19FN4OS. The lowest BCUT2D eigenvalue weighted by atomic mass is 10.1. The number of halogens is 1.